The molecule has 1 N–H and O–H groups in total. The van der Waals surface area contributed by atoms with E-state index in [9.17, 15) is 4.79 Å². The largest absolute Gasteiger partial charge is 0.462 e. The number of H-pyrrole nitrogens is 1. The van der Waals surface area contributed by atoms with Crippen molar-refractivity contribution in [2.75, 3.05) is 6.61 Å². The summed E-state index contributed by atoms with van der Waals surface area (Å²) in [5, 5.41) is 2.22. The number of aromatic amines is 1. The van der Waals surface area contributed by atoms with E-state index in [-0.39, 0.29) is 5.97 Å². The molecule has 0 amide bonds. The van der Waals surface area contributed by atoms with Gasteiger partial charge < -0.3 is 14.3 Å². The summed E-state index contributed by atoms with van der Waals surface area (Å²) in [5.74, 6) is 0.386. The molecule has 0 atom stereocenters. The number of aromatic nitrogens is 3. The Labute approximate surface area is 144 Å². The summed E-state index contributed by atoms with van der Waals surface area (Å²) < 4.78 is 7.09. The quantitative estimate of drug-likeness (QED) is 0.570. The summed E-state index contributed by atoms with van der Waals surface area (Å²) in [5.41, 5.74) is 2.36. The molecule has 0 saturated heterocycles. The summed E-state index contributed by atoms with van der Waals surface area (Å²) in [7, 11) is 0. The Morgan fingerprint density at radius 1 is 1.12 bits per heavy atom. The SMILES string of the molecule is CCOC(=O)c1cn(-c2c[nH]cn2)cc1-c1cccc2ccccc12. The number of imidazole rings is 1. The Kier molecular flexibility index (Phi) is 3.82. The number of esters is 1. The van der Waals surface area contributed by atoms with Gasteiger partial charge in [-0.05, 0) is 23.3 Å². The molecule has 0 unspecified atom stereocenters. The van der Waals surface area contributed by atoms with Gasteiger partial charge in [-0.15, -0.1) is 0 Å². The van der Waals surface area contributed by atoms with Crippen molar-refractivity contribution in [1.29, 1.82) is 0 Å². The first-order chi connectivity index (χ1) is 12.3. The van der Waals surface area contributed by atoms with Gasteiger partial charge in [0.1, 0.15) is 0 Å². The average molecular weight is 331 g/mol. The fourth-order valence-corrected chi connectivity index (χ4v) is 3.03. The lowest BCUT2D eigenvalue weighted by Crippen LogP contribution is -2.05. The second-order valence-corrected chi connectivity index (χ2v) is 5.67. The molecule has 5 nitrogen and oxygen atoms in total. The van der Waals surface area contributed by atoms with Gasteiger partial charge in [0, 0.05) is 24.2 Å². The third-order valence-corrected chi connectivity index (χ3v) is 4.15. The molecule has 0 aliphatic rings. The highest BCUT2D eigenvalue weighted by Crippen LogP contribution is 2.32. The van der Waals surface area contributed by atoms with Crippen LogP contribution in [-0.4, -0.2) is 27.1 Å². The van der Waals surface area contributed by atoms with E-state index in [4.69, 9.17) is 4.74 Å². The molecular formula is C20H17N3O2. The Bertz CT molecular complexity index is 1030. The minimum Gasteiger partial charge on any atom is -0.462 e. The zero-order valence-corrected chi connectivity index (χ0v) is 13.8. The van der Waals surface area contributed by atoms with E-state index in [1.807, 2.05) is 35.0 Å². The van der Waals surface area contributed by atoms with Gasteiger partial charge in [0.25, 0.3) is 0 Å². The molecule has 4 rings (SSSR count). The molecule has 2 heterocycles. The van der Waals surface area contributed by atoms with E-state index < -0.39 is 0 Å². The Balaban J connectivity index is 1.94. The summed E-state index contributed by atoms with van der Waals surface area (Å²) in [4.78, 5) is 19.7. The molecule has 5 heteroatoms. The van der Waals surface area contributed by atoms with Crippen molar-refractivity contribution < 1.29 is 9.53 Å². The molecule has 0 bridgehead atoms. The van der Waals surface area contributed by atoms with Crippen LogP contribution in [0.15, 0.2) is 67.4 Å². The van der Waals surface area contributed by atoms with Crippen LogP contribution in [0.25, 0.3) is 27.7 Å². The number of hydrogen-bond acceptors (Lipinski definition) is 3. The number of nitrogens with one attached hydrogen (secondary N) is 1. The minimum absolute atomic E-state index is 0.334. The van der Waals surface area contributed by atoms with Gasteiger partial charge in [0.05, 0.1) is 18.5 Å². The van der Waals surface area contributed by atoms with Crippen LogP contribution in [0.4, 0.5) is 0 Å². The Morgan fingerprint density at radius 3 is 2.76 bits per heavy atom. The van der Waals surface area contributed by atoms with Gasteiger partial charge >= 0.3 is 5.97 Å². The highest BCUT2D eigenvalue weighted by molar-refractivity contribution is 6.04. The lowest BCUT2D eigenvalue weighted by molar-refractivity contribution is 0.0527. The molecule has 2 aromatic carbocycles. The third kappa shape index (κ3) is 2.70. The van der Waals surface area contributed by atoms with Gasteiger partial charge in [-0.25, -0.2) is 9.78 Å². The average Bonchev–Trinajstić information content (AvgIpc) is 3.31. The predicted octanol–water partition coefficient (Wildman–Crippen LogP) is 4.20. The maximum atomic E-state index is 12.5. The molecule has 0 aliphatic heterocycles. The minimum atomic E-state index is -0.334. The van der Waals surface area contributed by atoms with Crippen molar-refractivity contribution in [2.45, 2.75) is 6.92 Å². The molecule has 4 aromatic rings. The van der Waals surface area contributed by atoms with Crippen LogP contribution in [0.3, 0.4) is 0 Å². The van der Waals surface area contributed by atoms with E-state index in [1.165, 1.54) is 0 Å². The molecule has 124 valence electrons. The zero-order chi connectivity index (χ0) is 17.2. The highest BCUT2D eigenvalue weighted by atomic mass is 16.5. The highest BCUT2D eigenvalue weighted by Gasteiger charge is 2.19. The first-order valence-electron chi connectivity index (χ1n) is 8.14. The second-order valence-electron chi connectivity index (χ2n) is 5.67. The van der Waals surface area contributed by atoms with Crippen LogP contribution in [0.5, 0.6) is 0 Å². The molecule has 25 heavy (non-hydrogen) atoms. The molecule has 2 aromatic heterocycles. The first kappa shape index (κ1) is 15.2. The fourth-order valence-electron chi connectivity index (χ4n) is 3.03. The number of benzene rings is 2. The number of fused-ring (bicyclic) bond motifs is 1. The molecule has 0 saturated carbocycles. The molecule has 0 aliphatic carbocycles. The standard InChI is InChI=1S/C20H17N3O2/c1-2-25-20(24)18-12-23(19-10-21-13-22-19)11-17(18)16-9-5-7-14-6-3-4-8-15(14)16/h3-13H,2H2,1H3,(H,21,22). The summed E-state index contributed by atoms with van der Waals surface area (Å²) >= 11 is 0. The number of carbonyl (C=O) groups is 1. The van der Waals surface area contributed by atoms with Gasteiger partial charge in [0.15, 0.2) is 5.82 Å². The maximum absolute atomic E-state index is 12.5. The summed E-state index contributed by atoms with van der Waals surface area (Å²) in [6.45, 7) is 2.14. The summed E-state index contributed by atoms with van der Waals surface area (Å²) in [6.07, 6.45) is 7.08. The van der Waals surface area contributed by atoms with E-state index in [2.05, 4.69) is 28.2 Å². The van der Waals surface area contributed by atoms with Crippen molar-refractivity contribution in [2.24, 2.45) is 0 Å². The monoisotopic (exact) mass is 331 g/mol. The second kappa shape index (κ2) is 6.28. The van der Waals surface area contributed by atoms with Crippen LogP contribution < -0.4 is 0 Å². The Hall–Kier alpha value is -3.34. The van der Waals surface area contributed by atoms with Gasteiger partial charge in [-0.1, -0.05) is 42.5 Å². The molecule has 0 radical (unpaired) electrons. The van der Waals surface area contributed by atoms with Crippen LogP contribution in [0, 0.1) is 0 Å². The fraction of sp³-hybridized carbons (Fsp3) is 0.100. The lowest BCUT2D eigenvalue weighted by atomic mass is 9.98. The van der Waals surface area contributed by atoms with E-state index in [1.54, 1.807) is 25.6 Å². The van der Waals surface area contributed by atoms with Gasteiger partial charge in [0.2, 0.25) is 0 Å². The van der Waals surface area contributed by atoms with Crippen molar-refractivity contribution in [3.8, 4) is 16.9 Å². The number of hydrogen-bond donors (Lipinski definition) is 1. The number of ether oxygens (including phenoxy) is 1. The van der Waals surface area contributed by atoms with Crippen LogP contribution in [-0.2, 0) is 4.74 Å². The Morgan fingerprint density at radius 2 is 1.96 bits per heavy atom. The smallest absolute Gasteiger partial charge is 0.340 e. The van der Waals surface area contributed by atoms with Crippen LogP contribution in [0.2, 0.25) is 0 Å². The molecule has 0 spiro atoms. The molecular weight excluding hydrogens is 314 g/mol. The zero-order valence-electron chi connectivity index (χ0n) is 13.8. The maximum Gasteiger partial charge on any atom is 0.340 e. The van der Waals surface area contributed by atoms with Crippen molar-refractivity contribution >= 4 is 16.7 Å². The number of carbonyl (C=O) groups excluding carboxylic acids is 1. The van der Waals surface area contributed by atoms with E-state index in [0.29, 0.717) is 12.2 Å². The van der Waals surface area contributed by atoms with Gasteiger partial charge in [-0.3, -0.25) is 0 Å². The van der Waals surface area contributed by atoms with Crippen molar-refractivity contribution in [1.82, 2.24) is 14.5 Å². The van der Waals surface area contributed by atoms with Crippen LogP contribution in [0.1, 0.15) is 17.3 Å². The third-order valence-electron chi connectivity index (χ3n) is 4.15. The van der Waals surface area contributed by atoms with Crippen molar-refractivity contribution in [3.05, 3.63) is 72.9 Å². The van der Waals surface area contributed by atoms with Crippen LogP contribution >= 0.6 is 0 Å². The topological polar surface area (TPSA) is 59.9 Å². The van der Waals surface area contributed by atoms with E-state index in [0.717, 1.165) is 27.7 Å². The summed E-state index contributed by atoms with van der Waals surface area (Å²) in [6, 6.07) is 14.2. The molecule has 0 fully saturated rings. The number of nitrogens with zero attached hydrogens (tertiary/aromatic N) is 2. The lowest BCUT2D eigenvalue weighted by Gasteiger charge is -2.07. The van der Waals surface area contributed by atoms with Gasteiger partial charge in [-0.2, -0.15) is 0 Å². The van der Waals surface area contributed by atoms with Crippen molar-refractivity contribution in [3.63, 3.8) is 0 Å². The number of rotatable bonds is 4. The first-order valence-corrected chi connectivity index (χ1v) is 8.14. The predicted molar refractivity (Wildman–Crippen MR) is 96.8 cm³/mol. The van der Waals surface area contributed by atoms with E-state index >= 15 is 0 Å². The normalized spacial score (nSPS) is 10.9.